The number of benzene rings is 2. The van der Waals surface area contributed by atoms with Crippen molar-refractivity contribution in [3.63, 3.8) is 0 Å². The third kappa shape index (κ3) is 4.66. The Balaban J connectivity index is 1.62. The Morgan fingerprint density at radius 2 is 1.93 bits per heavy atom. The van der Waals surface area contributed by atoms with Crippen molar-refractivity contribution in [2.75, 3.05) is 12.4 Å². The van der Waals surface area contributed by atoms with Crippen LogP contribution in [0.25, 0.3) is 0 Å². The Morgan fingerprint density at radius 1 is 1.18 bits per heavy atom. The fourth-order valence-corrected chi connectivity index (χ4v) is 3.30. The van der Waals surface area contributed by atoms with Gasteiger partial charge in [-0.05, 0) is 48.2 Å². The lowest BCUT2D eigenvalue weighted by Gasteiger charge is -2.10. The molecule has 0 bridgehead atoms. The number of nitro groups is 1. The molecule has 0 aliphatic rings. The van der Waals surface area contributed by atoms with Gasteiger partial charge in [0.2, 0.25) is 0 Å². The maximum atomic E-state index is 12.5. The highest BCUT2D eigenvalue weighted by Gasteiger charge is 2.13. The number of ether oxygens (including phenoxy) is 2. The number of thiophene rings is 1. The molecule has 1 amide bonds. The van der Waals surface area contributed by atoms with Gasteiger partial charge in [-0.3, -0.25) is 14.9 Å². The summed E-state index contributed by atoms with van der Waals surface area (Å²) in [5.74, 6) is 0.889. The molecule has 3 aromatic rings. The number of amides is 1. The number of aryl methyl sites for hydroxylation is 1. The summed E-state index contributed by atoms with van der Waals surface area (Å²) < 4.78 is 10.9. The van der Waals surface area contributed by atoms with Gasteiger partial charge >= 0.3 is 0 Å². The normalized spacial score (nSPS) is 10.4. The number of non-ortho nitro benzene ring substituents is 1. The molecule has 144 valence electrons. The zero-order valence-corrected chi connectivity index (χ0v) is 16.1. The van der Waals surface area contributed by atoms with Gasteiger partial charge in [0, 0.05) is 17.7 Å². The fourth-order valence-electron chi connectivity index (χ4n) is 2.50. The molecule has 1 N–H and O–H groups in total. The first-order chi connectivity index (χ1) is 13.5. The van der Waals surface area contributed by atoms with Gasteiger partial charge in [-0.15, -0.1) is 11.3 Å². The van der Waals surface area contributed by atoms with E-state index in [1.807, 2.05) is 30.5 Å². The van der Waals surface area contributed by atoms with Gasteiger partial charge in [-0.25, -0.2) is 0 Å². The second-order valence-corrected chi connectivity index (χ2v) is 6.93. The smallest absolute Gasteiger partial charge is 0.269 e. The molecule has 0 fully saturated rings. The SMILES string of the molecule is COc1ccc(C)cc1NC(=O)c1cc(COc2ccc([N+](=O)[O-])cc2)cs1. The molecular weight excluding hydrogens is 380 g/mol. The molecule has 28 heavy (non-hydrogen) atoms. The van der Waals surface area contributed by atoms with Crippen LogP contribution in [0.15, 0.2) is 53.9 Å². The molecule has 0 atom stereocenters. The number of nitro benzene ring substituents is 1. The summed E-state index contributed by atoms with van der Waals surface area (Å²) in [5.41, 5.74) is 2.47. The van der Waals surface area contributed by atoms with E-state index >= 15 is 0 Å². The Hall–Kier alpha value is -3.39. The van der Waals surface area contributed by atoms with E-state index in [1.54, 1.807) is 25.3 Å². The minimum atomic E-state index is -0.462. The number of rotatable bonds is 7. The summed E-state index contributed by atoms with van der Waals surface area (Å²) in [6, 6.07) is 13.2. The van der Waals surface area contributed by atoms with E-state index in [4.69, 9.17) is 9.47 Å². The number of anilines is 1. The van der Waals surface area contributed by atoms with Gasteiger partial charge in [-0.1, -0.05) is 6.07 Å². The molecule has 0 unspecified atom stereocenters. The van der Waals surface area contributed by atoms with Crippen LogP contribution < -0.4 is 14.8 Å². The van der Waals surface area contributed by atoms with Crippen molar-refractivity contribution in [2.45, 2.75) is 13.5 Å². The molecule has 0 spiro atoms. The third-order valence-electron chi connectivity index (χ3n) is 3.93. The predicted octanol–water partition coefficient (Wildman–Crippen LogP) is 4.80. The summed E-state index contributed by atoms with van der Waals surface area (Å²) in [4.78, 5) is 23.3. The lowest BCUT2D eigenvalue weighted by molar-refractivity contribution is -0.384. The average molecular weight is 398 g/mol. The molecule has 0 radical (unpaired) electrons. The summed E-state index contributed by atoms with van der Waals surface area (Å²) in [6.07, 6.45) is 0. The van der Waals surface area contributed by atoms with E-state index < -0.39 is 4.92 Å². The number of methoxy groups -OCH3 is 1. The van der Waals surface area contributed by atoms with Crippen molar-refractivity contribution < 1.29 is 19.2 Å². The van der Waals surface area contributed by atoms with Crippen LogP contribution in [0.4, 0.5) is 11.4 Å². The largest absolute Gasteiger partial charge is 0.495 e. The van der Waals surface area contributed by atoms with Crippen LogP contribution in [0.5, 0.6) is 11.5 Å². The number of carbonyl (C=O) groups excluding carboxylic acids is 1. The second-order valence-electron chi connectivity index (χ2n) is 6.02. The van der Waals surface area contributed by atoms with E-state index in [2.05, 4.69) is 5.32 Å². The first kappa shape index (κ1) is 19.4. The molecule has 1 aromatic heterocycles. The minimum absolute atomic E-state index is 0.00779. The number of hydrogen-bond acceptors (Lipinski definition) is 6. The molecule has 0 saturated heterocycles. The molecule has 0 aliphatic heterocycles. The Labute approximate surface area is 165 Å². The number of carbonyl (C=O) groups is 1. The Morgan fingerprint density at radius 3 is 2.61 bits per heavy atom. The zero-order valence-electron chi connectivity index (χ0n) is 15.3. The maximum absolute atomic E-state index is 12.5. The summed E-state index contributed by atoms with van der Waals surface area (Å²) in [5, 5.41) is 15.4. The quantitative estimate of drug-likeness (QED) is 0.456. The van der Waals surface area contributed by atoms with Crippen molar-refractivity contribution in [3.05, 3.63) is 80.0 Å². The third-order valence-corrected chi connectivity index (χ3v) is 4.91. The molecule has 7 nitrogen and oxygen atoms in total. The average Bonchev–Trinajstić information content (AvgIpc) is 3.16. The lowest BCUT2D eigenvalue weighted by atomic mass is 10.2. The van der Waals surface area contributed by atoms with E-state index in [0.29, 0.717) is 22.1 Å². The van der Waals surface area contributed by atoms with Crippen LogP contribution in [0.1, 0.15) is 20.8 Å². The van der Waals surface area contributed by atoms with Gasteiger partial charge in [0.15, 0.2) is 0 Å². The number of nitrogens with zero attached hydrogens (tertiary/aromatic N) is 1. The van der Waals surface area contributed by atoms with Crippen molar-refractivity contribution in [1.29, 1.82) is 0 Å². The molecule has 2 aromatic carbocycles. The molecular formula is C20H18N2O5S. The zero-order chi connectivity index (χ0) is 20.1. The van der Waals surface area contributed by atoms with Gasteiger partial charge in [-0.2, -0.15) is 0 Å². The molecule has 1 heterocycles. The van der Waals surface area contributed by atoms with Gasteiger partial charge in [0.1, 0.15) is 18.1 Å². The Kier molecular flexibility index (Phi) is 5.90. The van der Waals surface area contributed by atoms with E-state index in [0.717, 1.165) is 11.1 Å². The van der Waals surface area contributed by atoms with Crippen LogP contribution in [0.2, 0.25) is 0 Å². The first-order valence-electron chi connectivity index (χ1n) is 8.37. The number of hydrogen-bond donors (Lipinski definition) is 1. The minimum Gasteiger partial charge on any atom is -0.495 e. The van der Waals surface area contributed by atoms with Gasteiger partial charge in [0.05, 0.1) is 22.6 Å². The first-order valence-corrected chi connectivity index (χ1v) is 9.25. The van der Waals surface area contributed by atoms with Crippen LogP contribution in [0.3, 0.4) is 0 Å². The highest BCUT2D eigenvalue weighted by molar-refractivity contribution is 7.12. The summed E-state index contributed by atoms with van der Waals surface area (Å²) in [7, 11) is 1.55. The van der Waals surface area contributed by atoms with Gasteiger partial charge in [0.25, 0.3) is 11.6 Å². The molecule has 8 heteroatoms. The highest BCUT2D eigenvalue weighted by Crippen LogP contribution is 2.27. The topological polar surface area (TPSA) is 90.7 Å². The predicted molar refractivity (Wildman–Crippen MR) is 107 cm³/mol. The fraction of sp³-hybridized carbons (Fsp3) is 0.150. The second kappa shape index (κ2) is 8.53. The van der Waals surface area contributed by atoms with E-state index in [1.165, 1.54) is 23.5 Å². The number of nitrogens with one attached hydrogen (secondary N) is 1. The van der Waals surface area contributed by atoms with Crippen LogP contribution >= 0.6 is 11.3 Å². The van der Waals surface area contributed by atoms with E-state index in [-0.39, 0.29) is 18.2 Å². The highest BCUT2D eigenvalue weighted by atomic mass is 32.1. The molecule has 0 aliphatic carbocycles. The maximum Gasteiger partial charge on any atom is 0.269 e. The molecule has 3 rings (SSSR count). The van der Waals surface area contributed by atoms with Crippen molar-refractivity contribution in [3.8, 4) is 11.5 Å². The molecule has 0 saturated carbocycles. The Bertz CT molecular complexity index is 998. The summed E-state index contributed by atoms with van der Waals surface area (Å²) in [6.45, 7) is 2.20. The lowest BCUT2D eigenvalue weighted by Crippen LogP contribution is -2.11. The van der Waals surface area contributed by atoms with Crippen LogP contribution in [-0.4, -0.2) is 17.9 Å². The van der Waals surface area contributed by atoms with Crippen LogP contribution in [-0.2, 0) is 6.61 Å². The van der Waals surface area contributed by atoms with E-state index in [9.17, 15) is 14.9 Å². The standard InChI is InChI=1S/C20H18N2O5S/c1-13-3-8-18(26-2)17(9-13)21-20(23)19-10-14(12-28-19)11-27-16-6-4-15(5-7-16)22(24)25/h3-10,12H,11H2,1-2H3,(H,21,23). The summed E-state index contributed by atoms with van der Waals surface area (Å²) >= 11 is 1.31. The van der Waals surface area contributed by atoms with Crippen LogP contribution in [0, 0.1) is 17.0 Å². The van der Waals surface area contributed by atoms with Crippen molar-refractivity contribution in [2.24, 2.45) is 0 Å². The van der Waals surface area contributed by atoms with Crippen molar-refractivity contribution >= 4 is 28.6 Å². The monoisotopic (exact) mass is 398 g/mol. The van der Waals surface area contributed by atoms with Gasteiger partial charge < -0.3 is 14.8 Å². The van der Waals surface area contributed by atoms with Crippen molar-refractivity contribution in [1.82, 2.24) is 0 Å².